The zero-order valence-corrected chi connectivity index (χ0v) is 16.8. The molecule has 11 heteroatoms. The highest BCUT2D eigenvalue weighted by Gasteiger charge is 2.35. The molecular weight excluding hydrogens is 433 g/mol. The van der Waals surface area contributed by atoms with E-state index in [4.69, 9.17) is 11.6 Å². The number of alkyl halides is 3. The molecule has 0 saturated carbocycles. The maximum atomic E-state index is 13.1. The van der Waals surface area contributed by atoms with Crippen molar-refractivity contribution in [3.8, 4) is 11.4 Å². The van der Waals surface area contributed by atoms with E-state index in [2.05, 4.69) is 20.3 Å². The van der Waals surface area contributed by atoms with Crippen LogP contribution in [0.1, 0.15) is 23.2 Å². The van der Waals surface area contributed by atoms with Gasteiger partial charge in [0, 0.05) is 24.8 Å². The van der Waals surface area contributed by atoms with E-state index in [0.29, 0.717) is 42.4 Å². The molecule has 1 amide bonds. The third-order valence-electron chi connectivity index (χ3n) is 5.34. The highest BCUT2D eigenvalue weighted by atomic mass is 35.5. The molecule has 31 heavy (non-hydrogen) atoms. The van der Waals surface area contributed by atoms with Crippen LogP contribution in [-0.2, 0) is 30.5 Å². The van der Waals surface area contributed by atoms with Gasteiger partial charge in [0.1, 0.15) is 11.5 Å². The Hall–Kier alpha value is -3.14. The minimum atomic E-state index is -4.48. The summed E-state index contributed by atoms with van der Waals surface area (Å²) in [5, 5.41) is 2.80. The largest absolute Gasteiger partial charge is 0.434 e. The van der Waals surface area contributed by atoms with Gasteiger partial charge in [0.25, 0.3) is 0 Å². The molecule has 0 aliphatic carbocycles. The summed E-state index contributed by atoms with van der Waals surface area (Å²) in [6.07, 6.45) is -0.520. The van der Waals surface area contributed by atoms with E-state index in [1.54, 1.807) is 15.5 Å². The molecule has 1 N–H and O–H groups in total. The first kappa shape index (κ1) is 19.8. The van der Waals surface area contributed by atoms with Gasteiger partial charge in [-0.15, -0.1) is 0 Å². The number of nitrogens with one attached hydrogen (secondary N) is 1. The van der Waals surface area contributed by atoms with Gasteiger partial charge >= 0.3 is 6.18 Å². The van der Waals surface area contributed by atoms with Gasteiger partial charge in [-0.05, 0) is 35.6 Å². The molecule has 4 heterocycles. The van der Waals surface area contributed by atoms with Gasteiger partial charge in [-0.25, -0.2) is 9.97 Å². The summed E-state index contributed by atoms with van der Waals surface area (Å²) in [5.41, 5.74) is 2.13. The van der Waals surface area contributed by atoms with Crippen LogP contribution in [0.4, 0.5) is 24.7 Å². The molecule has 0 saturated heterocycles. The Balaban J connectivity index is 1.48. The number of benzene rings is 1. The van der Waals surface area contributed by atoms with Gasteiger partial charge in [0.05, 0.1) is 12.7 Å². The average molecular weight is 449 g/mol. The number of anilines is 2. The fraction of sp³-hybridized carbons (Fsp3) is 0.300. The molecule has 0 spiro atoms. The van der Waals surface area contributed by atoms with Crippen molar-refractivity contribution in [2.24, 2.45) is 0 Å². The lowest BCUT2D eigenvalue weighted by atomic mass is 10.00. The summed E-state index contributed by atoms with van der Waals surface area (Å²) < 4.78 is 40.9. The number of imidazole rings is 1. The van der Waals surface area contributed by atoms with E-state index < -0.39 is 11.9 Å². The summed E-state index contributed by atoms with van der Waals surface area (Å²) in [6.45, 7) is 0.970. The van der Waals surface area contributed by atoms with Crippen LogP contribution in [0.25, 0.3) is 11.4 Å². The highest BCUT2D eigenvalue weighted by Crippen LogP contribution is 2.35. The molecule has 1 aromatic carbocycles. The SMILES string of the molecule is O=C1CN(Cc2ccc3c(c2)CCCn2cc(C(F)(F)F)nc2-3)c2nc(Cl)ncc2N1. The van der Waals surface area contributed by atoms with E-state index in [1.165, 1.54) is 6.20 Å². The van der Waals surface area contributed by atoms with Crippen LogP contribution in [0.5, 0.6) is 0 Å². The summed E-state index contributed by atoms with van der Waals surface area (Å²) in [7, 11) is 0. The number of aryl methyl sites for hydroxylation is 2. The van der Waals surface area contributed by atoms with Crippen molar-refractivity contribution in [2.45, 2.75) is 32.1 Å². The fourth-order valence-electron chi connectivity index (χ4n) is 4.02. The molecule has 0 unspecified atom stereocenters. The second kappa shape index (κ2) is 7.23. The number of fused-ring (bicyclic) bond motifs is 4. The van der Waals surface area contributed by atoms with Crippen LogP contribution in [0.15, 0.2) is 30.6 Å². The topological polar surface area (TPSA) is 75.9 Å². The molecule has 5 rings (SSSR count). The summed E-state index contributed by atoms with van der Waals surface area (Å²) in [6, 6.07) is 5.60. The molecular formula is C20H16ClF3N6O. The molecule has 160 valence electrons. The predicted molar refractivity (Wildman–Crippen MR) is 108 cm³/mol. The second-order valence-corrected chi connectivity index (χ2v) is 7.85. The lowest BCUT2D eigenvalue weighted by Gasteiger charge is -2.29. The standard InChI is InChI=1S/C20H16ClF3N6O/c21-19-25-7-14-18(28-19)30(10-16(31)26-14)8-11-3-4-13-12(6-11)2-1-5-29-9-15(20(22,23)24)27-17(13)29/h3-4,6-7,9H,1-2,5,8,10H2,(H,26,31). The van der Waals surface area contributed by atoms with Gasteiger partial charge in [-0.3, -0.25) is 4.79 Å². The number of carbonyl (C=O) groups is 1. The van der Waals surface area contributed by atoms with Crippen LogP contribution in [0.2, 0.25) is 5.28 Å². The lowest BCUT2D eigenvalue weighted by Crippen LogP contribution is -2.38. The van der Waals surface area contributed by atoms with Crippen molar-refractivity contribution < 1.29 is 18.0 Å². The predicted octanol–water partition coefficient (Wildman–Crippen LogP) is 3.92. The van der Waals surface area contributed by atoms with Gasteiger partial charge < -0.3 is 14.8 Å². The van der Waals surface area contributed by atoms with E-state index in [9.17, 15) is 18.0 Å². The minimum Gasteiger partial charge on any atom is -0.341 e. The number of halogens is 4. The summed E-state index contributed by atoms with van der Waals surface area (Å²) in [5.74, 6) is 0.670. The first-order valence-electron chi connectivity index (χ1n) is 9.62. The maximum absolute atomic E-state index is 13.1. The Morgan fingerprint density at radius 3 is 2.87 bits per heavy atom. The van der Waals surface area contributed by atoms with E-state index >= 15 is 0 Å². The van der Waals surface area contributed by atoms with Gasteiger partial charge in [0.2, 0.25) is 11.2 Å². The Labute approximate surface area is 179 Å². The number of aromatic nitrogens is 4. The third-order valence-corrected chi connectivity index (χ3v) is 5.53. The van der Waals surface area contributed by atoms with Gasteiger partial charge in [0.15, 0.2) is 11.5 Å². The smallest absolute Gasteiger partial charge is 0.341 e. The van der Waals surface area contributed by atoms with Crippen LogP contribution < -0.4 is 10.2 Å². The molecule has 0 bridgehead atoms. The molecule has 7 nitrogen and oxygen atoms in total. The fourth-order valence-corrected chi connectivity index (χ4v) is 4.15. The number of hydrogen-bond donors (Lipinski definition) is 1. The third kappa shape index (κ3) is 3.71. The van der Waals surface area contributed by atoms with Gasteiger partial charge in [-0.1, -0.05) is 18.2 Å². The Kier molecular flexibility index (Phi) is 4.62. The summed E-state index contributed by atoms with van der Waals surface area (Å²) >= 11 is 5.93. The Morgan fingerprint density at radius 2 is 2.06 bits per heavy atom. The first-order valence-corrected chi connectivity index (χ1v) is 9.99. The van der Waals surface area contributed by atoms with Crippen molar-refractivity contribution in [3.05, 3.63) is 52.7 Å². The van der Waals surface area contributed by atoms with E-state index in [-0.39, 0.29) is 17.7 Å². The highest BCUT2D eigenvalue weighted by molar-refractivity contribution is 6.28. The molecule has 0 radical (unpaired) electrons. The van der Waals surface area contributed by atoms with Crippen molar-refractivity contribution in [1.29, 1.82) is 0 Å². The molecule has 2 aliphatic rings. The Morgan fingerprint density at radius 1 is 1.23 bits per heavy atom. The minimum absolute atomic E-state index is 0.0779. The van der Waals surface area contributed by atoms with Crippen molar-refractivity contribution in [2.75, 3.05) is 16.8 Å². The van der Waals surface area contributed by atoms with Crippen LogP contribution in [0.3, 0.4) is 0 Å². The monoisotopic (exact) mass is 448 g/mol. The number of rotatable bonds is 2. The average Bonchev–Trinajstić information content (AvgIpc) is 3.06. The first-order chi connectivity index (χ1) is 14.8. The van der Waals surface area contributed by atoms with Crippen LogP contribution in [-0.4, -0.2) is 32.0 Å². The summed E-state index contributed by atoms with van der Waals surface area (Å²) in [4.78, 5) is 25.9. The Bertz CT molecular complexity index is 1190. The molecule has 0 fully saturated rings. The van der Waals surface area contributed by atoms with Crippen LogP contribution >= 0.6 is 11.6 Å². The zero-order valence-electron chi connectivity index (χ0n) is 16.1. The molecule has 2 aromatic heterocycles. The van der Waals surface area contributed by atoms with E-state index in [1.807, 2.05) is 12.1 Å². The van der Waals surface area contributed by atoms with Crippen molar-refractivity contribution in [3.63, 3.8) is 0 Å². The molecule has 3 aromatic rings. The molecule has 0 atom stereocenters. The number of nitrogens with zero attached hydrogens (tertiary/aromatic N) is 5. The zero-order chi connectivity index (χ0) is 21.8. The maximum Gasteiger partial charge on any atom is 0.434 e. The number of hydrogen-bond acceptors (Lipinski definition) is 5. The normalized spacial score (nSPS) is 15.6. The second-order valence-electron chi connectivity index (χ2n) is 7.52. The van der Waals surface area contributed by atoms with Gasteiger partial charge in [-0.2, -0.15) is 18.2 Å². The number of amides is 1. The quantitative estimate of drug-likeness (QED) is 0.601. The van der Waals surface area contributed by atoms with Crippen molar-refractivity contribution >= 4 is 29.0 Å². The number of carbonyl (C=O) groups excluding carboxylic acids is 1. The lowest BCUT2D eigenvalue weighted by molar-refractivity contribution is -0.140. The van der Waals surface area contributed by atoms with Crippen molar-refractivity contribution in [1.82, 2.24) is 19.5 Å². The molecule has 2 aliphatic heterocycles. The van der Waals surface area contributed by atoms with Crippen LogP contribution in [0, 0.1) is 0 Å². The van der Waals surface area contributed by atoms with E-state index in [0.717, 1.165) is 23.7 Å².